The Labute approximate surface area is 145 Å². The maximum absolute atomic E-state index is 12.2. The van der Waals surface area contributed by atoms with Crippen LogP contribution in [0.25, 0.3) is 0 Å². The van der Waals surface area contributed by atoms with Crippen LogP contribution < -0.4 is 10.3 Å². The molecule has 12 heteroatoms. The van der Waals surface area contributed by atoms with Gasteiger partial charge in [-0.2, -0.15) is 5.11 Å². The van der Waals surface area contributed by atoms with E-state index in [9.17, 15) is 18.3 Å². The van der Waals surface area contributed by atoms with Crippen LogP contribution in [-0.4, -0.2) is 28.7 Å². The van der Waals surface area contributed by atoms with E-state index in [4.69, 9.17) is 0 Å². The highest BCUT2D eigenvalue weighted by Crippen LogP contribution is 2.22. The largest absolute Gasteiger partial charge is 0.503 e. The predicted molar refractivity (Wildman–Crippen MR) is 90.1 cm³/mol. The number of azo groups is 1. The zero-order valence-corrected chi connectivity index (χ0v) is 14.0. The van der Waals surface area contributed by atoms with Crippen LogP contribution in [-0.2, 0) is 10.0 Å². The van der Waals surface area contributed by atoms with Gasteiger partial charge < -0.3 is 10.1 Å². The summed E-state index contributed by atoms with van der Waals surface area (Å²) in [5, 5.41) is 24.4. The molecule has 0 radical (unpaired) electrons. The Morgan fingerprint density at radius 3 is 2.52 bits per heavy atom. The molecule has 0 unspecified atom stereocenters. The van der Waals surface area contributed by atoms with E-state index in [1.165, 1.54) is 36.0 Å². The number of benzene rings is 1. The zero-order valence-electron chi connectivity index (χ0n) is 12.3. The lowest BCUT2D eigenvalue weighted by Crippen LogP contribution is -2.12. The fraction of sp³-hybridized carbons (Fsp3) is 0. The van der Waals surface area contributed by atoms with E-state index in [1.54, 1.807) is 0 Å². The standard InChI is InChI=1S/C13H10N6O4S2/c20-11-5-9(6-14-12(11)21)17-16-8-1-3-10(4-2-8)25(22,23)19-13-18-15-7-24-13/h1-7,20H,(H,14,21)(H,18,19). The van der Waals surface area contributed by atoms with Gasteiger partial charge in [-0.05, 0) is 24.3 Å². The summed E-state index contributed by atoms with van der Waals surface area (Å²) in [7, 11) is -3.76. The van der Waals surface area contributed by atoms with Gasteiger partial charge in [-0.3, -0.25) is 9.52 Å². The zero-order chi connectivity index (χ0) is 17.9. The summed E-state index contributed by atoms with van der Waals surface area (Å²) in [5.74, 6) is -0.472. The molecule has 0 fully saturated rings. The number of nitrogens with zero attached hydrogens (tertiary/aromatic N) is 4. The number of hydrogen-bond acceptors (Lipinski definition) is 9. The molecule has 2 heterocycles. The van der Waals surface area contributed by atoms with Crippen molar-refractivity contribution in [2.75, 3.05) is 4.72 Å². The first kappa shape index (κ1) is 16.7. The van der Waals surface area contributed by atoms with E-state index in [-0.39, 0.29) is 15.7 Å². The Hall–Kier alpha value is -3.12. The number of nitrogens with one attached hydrogen (secondary N) is 2. The molecule has 25 heavy (non-hydrogen) atoms. The third-order valence-corrected chi connectivity index (χ3v) is 4.97. The molecule has 0 amide bonds. The molecule has 0 atom stereocenters. The van der Waals surface area contributed by atoms with Crippen LogP contribution in [0.15, 0.2) is 62.0 Å². The second kappa shape index (κ2) is 6.78. The van der Waals surface area contributed by atoms with Gasteiger partial charge in [0, 0.05) is 12.3 Å². The predicted octanol–water partition coefficient (Wildman–Crippen LogP) is 2.15. The molecule has 0 spiro atoms. The van der Waals surface area contributed by atoms with E-state index >= 15 is 0 Å². The number of H-pyrrole nitrogens is 1. The molecule has 3 rings (SSSR count). The average Bonchev–Trinajstić information content (AvgIpc) is 3.08. The number of rotatable bonds is 5. The number of sulfonamides is 1. The molecule has 128 valence electrons. The molecule has 0 bridgehead atoms. The highest BCUT2D eigenvalue weighted by Gasteiger charge is 2.15. The van der Waals surface area contributed by atoms with Crippen molar-refractivity contribution in [3.8, 4) is 5.75 Å². The average molecular weight is 378 g/mol. The number of aromatic hydroxyl groups is 1. The fourth-order valence-corrected chi connectivity index (χ4v) is 3.41. The highest BCUT2D eigenvalue weighted by molar-refractivity contribution is 7.93. The molecule has 0 saturated carbocycles. The quantitative estimate of drug-likeness (QED) is 0.579. The third kappa shape index (κ3) is 4.05. The smallest absolute Gasteiger partial charge is 0.290 e. The summed E-state index contributed by atoms with van der Waals surface area (Å²) in [5.41, 5.74) is 1.42. The molecule has 2 aromatic heterocycles. The molecule has 10 nitrogen and oxygen atoms in total. The first-order valence-electron chi connectivity index (χ1n) is 6.66. The van der Waals surface area contributed by atoms with Crippen molar-refractivity contribution in [1.82, 2.24) is 15.2 Å². The number of aromatic nitrogens is 3. The summed E-state index contributed by atoms with van der Waals surface area (Å²) in [6, 6.07) is 6.81. The Bertz CT molecular complexity index is 1060. The third-order valence-electron chi connectivity index (χ3n) is 2.88. The first-order valence-corrected chi connectivity index (χ1v) is 9.03. The topological polar surface area (TPSA) is 150 Å². The second-order valence-corrected chi connectivity index (χ2v) is 7.13. The summed E-state index contributed by atoms with van der Waals surface area (Å²) < 4.78 is 26.6. The fourth-order valence-electron chi connectivity index (χ4n) is 1.72. The number of anilines is 1. The van der Waals surface area contributed by atoms with Crippen molar-refractivity contribution in [3.05, 3.63) is 52.4 Å². The molecule has 0 aliphatic rings. The minimum atomic E-state index is -3.76. The van der Waals surface area contributed by atoms with Gasteiger partial charge >= 0.3 is 0 Å². The number of hydrogen-bond donors (Lipinski definition) is 3. The maximum atomic E-state index is 12.2. The Balaban J connectivity index is 1.76. The van der Waals surface area contributed by atoms with Crippen LogP contribution in [0.5, 0.6) is 5.75 Å². The van der Waals surface area contributed by atoms with Crippen LogP contribution in [0.2, 0.25) is 0 Å². The van der Waals surface area contributed by atoms with Crippen LogP contribution in [0.4, 0.5) is 16.5 Å². The summed E-state index contributed by atoms with van der Waals surface area (Å²) in [6.07, 6.45) is 1.29. The van der Waals surface area contributed by atoms with Gasteiger partial charge in [0.1, 0.15) is 11.2 Å². The van der Waals surface area contributed by atoms with E-state index < -0.39 is 21.3 Å². The van der Waals surface area contributed by atoms with Gasteiger partial charge in [-0.1, -0.05) is 11.3 Å². The van der Waals surface area contributed by atoms with Gasteiger partial charge in [-0.15, -0.1) is 15.3 Å². The lowest BCUT2D eigenvalue weighted by molar-refractivity contribution is 0.467. The minimum Gasteiger partial charge on any atom is -0.503 e. The van der Waals surface area contributed by atoms with Gasteiger partial charge in [-0.25, -0.2) is 8.42 Å². The summed E-state index contributed by atoms with van der Waals surface area (Å²) in [4.78, 5) is 13.4. The lowest BCUT2D eigenvalue weighted by Gasteiger charge is -2.04. The molecule has 3 N–H and O–H groups in total. The molecular weight excluding hydrogens is 368 g/mol. The molecule has 0 aliphatic carbocycles. The number of aromatic amines is 1. The van der Waals surface area contributed by atoms with Crippen molar-refractivity contribution < 1.29 is 13.5 Å². The van der Waals surface area contributed by atoms with Gasteiger partial charge in [0.15, 0.2) is 5.75 Å². The number of pyridine rings is 1. The van der Waals surface area contributed by atoms with E-state index in [2.05, 4.69) is 30.1 Å². The Morgan fingerprint density at radius 2 is 1.88 bits per heavy atom. The molecule has 3 aromatic rings. The Morgan fingerprint density at radius 1 is 1.16 bits per heavy atom. The van der Waals surface area contributed by atoms with Crippen molar-refractivity contribution in [2.45, 2.75) is 4.90 Å². The maximum Gasteiger partial charge on any atom is 0.290 e. The van der Waals surface area contributed by atoms with Crippen LogP contribution in [0, 0.1) is 0 Å². The summed E-state index contributed by atoms with van der Waals surface area (Å²) >= 11 is 1.06. The monoisotopic (exact) mass is 378 g/mol. The molecule has 1 aromatic carbocycles. The minimum absolute atomic E-state index is 0.0309. The van der Waals surface area contributed by atoms with E-state index in [0.29, 0.717) is 5.69 Å². The van der Waals surface area contributed by atoms with E-state index in [1.807, 2.05) is 0 Å². The van der Waals surface area contributed by atoms with Crippen LogP contribution in [0.1, 0.15) is 0 Å². The molecule has 0 aliphatic heterocycles. The van der Waals surface area contributed by atoms with E-state index in [0.717, 1.165) is 17.4 Å². The first-order chi connectivity index (χ1) is 11.9. The van der Waals surface area contributed by atoms with Crippen molar-refractivity contribution >= 4 is 37.9 Å². The summed E-state index contributed by atoms with van der Waals surface area (Å²) in [6.45, 7) is 0. The SMILES string of the molecule is O=c1[nH]cc(N=Nc2ccc(S(=O)(=O)Nc3nncs3)cc2)cc1O. The highest BCUT2D eigenvalue weighted by atomic mass is 32.2. The van der Waals surface area contributed by atoms with Gasteiger partial charge in [0.05, 0.1) is 10.6 Å². The van der Waals surface area contributed by atoms with Crippen molar-refractivity contribution in [3.63, 3.8) is 0 Å². The van der Waals surface area contributed by atoms with Crippen molar-refractivity contribution in [2.24, 2.45) is 10.2 Å². The molecular formula is C13H10N6O4S2. The van der Waals surface area contributed by atoms with Gasteiger partial charge in [0.2, 0.25) is 5.13 Å². The van der Waals surface area contributed by atoms with Crippen LogP contribution >= 0.6 is 11.3 Å². The second-order valence-electron chi connectivity index (χ2n) is 4.62. The Kier molecular flexibility index (Phi) is 4.54. The lowest BCUT2D eigenvalue weighted by atomic mass is 10.3. The normalized spacial score (nSPS) is 11.7. The van der Waals surface area contributed by atoms with Crippen molar-refractivity contribution in [1.29, 1.82) is 0 Å². The molecule has 0 saturated heterocycles. The van der Waals surface area contributed by atoms with Gasteiger partial charge in [0.25, 0.3) is 15.6 Å². The van der Waals surface area contributed by atoms with Crippen LogP contribution in [0.3, 0.4) is 0 Å².